The number of hydrogen-bond acceptors (Lipinski definition) is 5. The molecule has 4 rings (SSSR count). The van der Waals surface area contributed by atoms with Crippen molar-refractivity contribution in [1.29, 1.82) is 0 Å². The van der Waals surface area contributed by atoms with Gasteiger partial charge in [0.05, 0.1) is 5.69 Å². The Bertz CT molecular complexity index is 1180. The molecule has 0 spiro atoms. The van der Waals surface area contributed by atoms with E-state index >= 15 is 0 Å². The highest BCUT2D eigenvalue weighted by Crippen LogP contribution is 2.32. The van der Waals surface area contributed by atoms with Gasteiger partial charge in [0, 0.05) is 31.4 Å². The molecule has 1 N–H and O–H groups in total. The molecule has 32 heavy (non-hydrogen) atoms. The predicted octanol–water partition coefficient (Wildman–Crippen LogP) is 2.83. The molecule has 1 atom stereocenters. The second-order valence-corrected chi connectivity index (χ2v) is 7.41. The second kappa shape index (κ2) is 8.06. The van der Waals surface area contributed by atoms with Crippen LogP contribution in [0.15, 0.2) is 42.6 Å². The Kier molecular flexibility index (Phi) is 5.41. The van der Waals surface area contributed by atoms with Crippen LogP contribution in [0.2, 0.25) is 0 Å². The summed E-state index contributed by atoms with van der Waals surface area (Å²) in [6.07, 6.45) is -3.02. The van der Waals surface area contributed by atoms with Gasteiger partial charge in [-0.25, -0.2) is 14.6 Å². The summed E-state index contributed by atoms with van der Waals surface area (Å²) in [5.74, 6) is -1.30. The third-order valence-corrected chi connectivity index (χ3v) is 5.18. The first kappa shape index (κ1) is 21.5. The maximum absolute atomic E-state index is 13.0. The van der Waals surface area contributed by atoms with E-state index in [4.69, 9.17) is 0 Å². The molecule has 0 saturated carbocycles. The minimum absolute atomic E-state index is 0.0111. The van der Waals surface area contributed by atoms with E-state index in [1.165, 1.54) is 13.2 Å². The van der Waals surface area contributed by atoms with Crippen molar-refractivity contribution in [3.8, 4) is 11.3 Å². The highest BCUT2D eigenvalue weighted by atomic mass is 19.4. The number of benzene rings is 1. The molecule has 1 aliphatic heterocycles. The van der Waals surface area contributed by atoms with Crippen molar-refractivity contribution in [2.45, 2.75) is 32.1 Å². The molecule has 2 amide bonds. The minimum atomic E-state index is -4.62. The topological polar surface area (TPSA) is 93.0 Å². The lowest BCUT2D eigenvalue weighted by molar-refractivity contribution is -0.141. The van der Waals surface area contributed by atoms with Crippen molar-refractivity contribution < 1.29 is 22.8 Å². The monoisotopic (exact) mass is 444 g/mol. The average Bonchev–Trinajstić information content (AvgIpc) is 3.17. The van der Waals surface area contributed by atoms with Crippen LogP contribution < -0.4 is 10.2 Å². The number of likely N-dealkylation sites (N-methyl/N-ethyl adjacent to an activating group) is 1. The average molecular weight is 444 g/mol. The van der Waals surface area contributed by atoms with Gasteiger partial charge >= 0.3 is 6.18 Å². The van der Waals surface area contributed by atoms with Crippen molar-refractivity contribution in [2.24, 2.45) is 0 Å². The highest BCUT2D eigenvalue weighted by Gasteiger charge is 2.38. The van der Waals surface area contributed by atoms with Gasteiger partial charge in [-0.15, -0.1) is 0 Å². The fraction of sp³-hybridized carbons (Fsp3) is 0.286. The van der Waals surface area contributed by atoms with Gasteiger partial charge in [0.15, 0.2) is 5.69 Å². The fourth-order valence-electron chi connectivity index (χ4n) is 3.50. The number of aryl methyl sites for hydroxylation is 2. The molecular weight excluding hydrogens is 425 g/mol. The molecule has 1 aliphatic rings. The first-order valence-corrected chi connectivity index (χ1v) is 9.77. The maximum Gasteiger partial charge on any atom is 0.435 e. The number of carbonyl (C=O) groups excluding carboxylic acids is 2. The second-order valence-electron chi connectivity index (χ2n) is 7.41. The molecule has 11 heteroatoms. The van der Waals surface area contributed by atoms with E-state index in [1.54, 1.807) is 0 Å². The van der Waals surface area contributed by atoms with Gasteiger partial charge in [-0.05, 0) is 18.9 Å². The summed E-state index contributed by atoms with van der Waals surface area (Å²) in [5, 5.41) is 6.16. The number of alkyl halides is 3. The predicted molar refractivity (Wildman–Crippen MR) is 109 cm³/mol. The van der Waals surface area contributed by atoms with E-state index < -0.39 is 29.7 Å². The number of nitrogens with one attached hydrogen (secondary N) is 1. The van der Waals surface area contributed by atoms with Crippen LogP contribution in [0.5, 0.6) is 0 Å². The Balaban J connectivity index is 1.54. The van der Waals surface area contributed by atoms with Crippen LogP contribution in [0.1, 0.15) is 28.3 Å². The SMILES string of the molecule is Cc1cnc(C(=O)NC2CCn3nc(C(F)(F)F)cc3N(C)C2=O)nc1-c1ccccc1. The van der Waals surface area contributed by atoms with E-state index in [1.807, 2.05) is 37.3 Å². The van der Waals surface area contributed by atoms with Gasteiger partial charge in [0.1, 0.15) is 11.9 Å². The first-order valence-electron chi connectivity index (χ1n) is 9.77. The summed E-state index contributed by atoms with van der Waals surface area (Å²) < 4.78 is 40.0. The van der Waals surface area contributed by atoms with Crippen molar-refractivity contribution in [1.82, 2.24) is 25.1 Å². The number of hydrogen-bond donors (Lipinski definition) is 1. The number of amides is 2. The zero-order valence-electron chi connectivity index (χ0n) is 17.2. The number of carbonyl (C=O) groups is 2. The van der Waals surface area contributed by atoms with Gasteiger partial charge in [0.25, 0.3) is 11.8 Å². The summed E-state index contributed by atoms with van der Waals surface area (Å²) in [4.78, 5) is 35.1. The van der Waals surface area contributed by atoms with E-state index in [2.05, 4.69) is 20.4 Å². The number of anilines is 1. The minimum Gasteiger partial charge on any atom is -0.337 e. The molecule has 8 nitrogen and oxygen atoms in total. The van der Waals surface area contributed by atoms with Crippen LogP contribution in [0.4, 0.5) is 19.0 Å². The lowest BCUT2D eigenvalue weighted by Gasteiger charge is -2.20. The molecule has 2 aromatic heterocycles. The largest absolute Gasteiger partial charge is 0.435 e. The van der Waals surface area contributed by atoms with Crippen molar-refractivity contribution >= 4 is 17.6 Å². The van der Waals surface area contributed by atoms with E-state index in [0.29, 0.717) is 5.69 Å². The number of aromatic nitrogens is 4. The van der Waals surface area contributed by atoms with Crippen molar-refractivity contribution in [2.75, 3.05) is 11.9 Å². The molecule has 0 saturated heterocycles. The molecule has 0 bridgehead atoms. The molecule has 166 valence electrons. The number of fused-ring (bicyclic) bond motifs is 1. The summed E-state index contributed by atoms with van der Waals surface area (Å²) in [7, 11) is 1.34. The van der Waals surface area contributed by atoms with Crippen LogP contribution in [-0.4, -0.2) is 44.7 Å². The molecule has 1 unspecified atom stereocenters. The lowest BCUT2D eigenvalue weighted by atomic mass is 10.1. The Hall–Kier alpha value is -3.76. The van der Waals surface area contributed by atoms with Crippen LogP contribution in [-0.2, 0) is 17.5 Å². The van der Waals surface area contributed by atoms with Crippen molar-refractivity contribution in [3.63, 3.8) is 0 Å². The van der Waals surface area contributed by atoms with E-state index in [-0.39, 0.29) is 24.6 Å². The van der Waals surface area contributed by atoms with Crippen LogP contribution in [0.25, 0.3) is 11.3 Å². The Labute approximate surface area is 181 Å². The number of nitrogens with zero attached hydrogens (tertiary/aromatic N) is 5. The molecule has 0 aliphatic carbocycles. The standard InChI is InChI=1S/C21H19F3N6O2/c1-12-11-25-18(27-17(12)13-6-4-3-5-7-13)19(31)26-14-8-9-30-16(29(2)20(14)32)10-15(28-30)21(22,23)24/h3-7,10-11,14H,8-9H2,1-2H3,(H,26,31). The van der Waals surface area contributed by atoms with Crippen LogP contribution in [0, 0.1) is 6.92 Å². The van der Waals surface area contributed by atoms with Crippen LogP contribution >= 0.6 is 0 Å². The highest BCUT2D eigenvalue weighted by molar-refractivity contribution is 6.01. The van der Waals surface area contributed by atoms with Crippen LogP contribution in [0.3, 0.4) is 0 Å². The first-order chi connectivity index (χ1) is 15.1. The third kappa shape index (κ3) is 4.05. The summed E-state index contributed by atoms with van der Waals surface area (Å²) >= 11 is 0. The zero-order valence-corrected chi connectivity index (χ0v) is 17.2. The zero-order chi connectivity index (χ0) is 23.0. The van der Waals surface area contributed by atoms with Crippen molar-refractivity contribution in [3.05, 3.63) is 59.7 Å². The van der Waals surface area contributed by atoms with E-state index in [9.17, 15) is 22.8 Å². The van der Waals surface area contributed by atoms with Gasteiger partial charge < -0.3 is 5.32 Å². The Morgan fingerprint density at radius 2 is 1.94 bits per heavy atom. The summed E-state index contributed by atoms with van der Waals surface area (Å²) in [5.41, 5.74) is 1.12. The Morgan fingerprint density at radius 3 is 2.62 bits per heavy atom. The molecule has 3 heterocycles. The van der Waals surface area contributed by atoms with Gasteiger partial charge in [-0.2, -0.15) is 18.3 Å². The third-order valence-electron chi connectivity index (χ3n) is 5.18. The fourth-order valence-corrected chi connectivity index (χ4v) is 3.50. The smallest absolute Gasteiger partial charge is 0.337 e. The van der Waals surface area contributed by atoms with Gasteiger partial charge in [-0.1, -0.05) is 30.3 Å². The molecular formula is C21H19F3N6O2. The lowest BCUT2D eigenvalue weighted by Crippen LogP contribution is -2.47. The number of rotatable bonds is 3. The quantitative estimate of drug-likeness (QED) is 0.671. The Morgan fingerprint density at radius 1 is 1.22 bits per heavy atom. The van der Waals surface area contributed by atoms with Gasteiger partial charge in [-0.3, -0.25) is 14.5 Å². The van der Waals surface area contributed by atoms with E-state index in [0.717, 1.165) is 26.8 Å². The summed E-state index contributed by atoms with van der Waals surface area (Å²) in [6, 6.07) is 9.14. The number of halogens is 3. The summed E-state index contributed by atoms with van der Waals surface area (Å²) in [6.45, 7) is 1.85. The molecule has 0 radical (unpaired) electrons. The maximum atomic E-state index is 13.0. The molecule has 3 aromatic rings. The van der Waals surface area contributed by atoms with Gasteiger partial charge in [0.2, 0.25) is 5.82 Å². The molecule has 1 aromatic carbocycles. The normalized spacial score (nSPS) is 16.5. The molecule has 0 fully saturated rings.